The highest BCUT2D eigenvalue weighted by Gasteiger charge is 2.24. The molecule has 0 aliphatic carbocycles. The van der Waals surface area contributed by atoms with Crippen LogP contribution in [0.2, 0.25) is 0 Å². The molecule has 3 nitrogen and oxygen atoms in total. The number of aromatic nitrogens is 2. The number of rotatable bonds is 2. The van der Waals surface area contributed by atoms with Gasteiger partial charge >= 0.3 is 0 Å². The number of hydrogen-bond donors (Lipinski definition) is 0. The highest BCUT2D eigenvalue weighted by atomic mass is 16.3. The van der Waals surface area contributed by atoms with E-state index in [1.807, 2.05) is 0 Å². The minimum Gasteiger partial charge on any atom is -0.437 e. The van der Waals surface area contributed by atoms with Gasteiger partial charge in [-0.3, -0.25) is 4.57 Å². The van der Waals surface area contributed by atoms with E-state index in [0.717, 1.165) is 44.5 Å². The Morgan fingerprint density at radius 2 is 1.05 bits per heavy atom. The lowest BCUT2D eigenvalue weighted by molar-refractivity contribution is 0.647. The zero-order chi connectivity index (χ0) is 25.5. The van der Waals surface area contributed by atoms with Gasteiger partial charge in [-0.1, -0.05) is 91.0 Å². The minimum atomic E-state index is 0.875. The van der Waals surface area contributed by atoms with Gasteiger partial charge < -0.3 is 8.98 Å². The molecule has 182 valence electrons. The largest absolute Gasteiger partial charge is 0.437 e. The zero-order valence-electron chi connectivity index (χ0n) is 21.0. The fraction of sp³-hybridized carbons (Fsp3) is 0. The summed E-state index contributed by atoms with van der Waals surface area (Å²) < 4.78 is 11.6. The van der Waals surface area contributed by atoms with E-state index in [4.69, 9.17) is 4.42 Å². The first-order valence-corrected chi connectivity index (χ1v) is 13.3. The van der Waals surface area contributed by atoms with Crippen molar-refractivity contribution in [2.45, 2.75) is 0 Å². The average Bonchev–Trinajstić information content (AvgIpc) is 3.65. The molecule has 0 radical (unpaired) electrons. The van der Waals surface area contributed by atoms with E-state index in [2.05, 4.69) is 143 Å². The summed E-state index contributed by atoms with van der Waals surface area (Å²) in [6, 6.07) is 47.4. The molecule has 0 amide bonds. The van der Waals surface area contributed by atoms with Gasteiger partial charge in [-0.05, 0) is 53.2 Å². The van der Waals surface area contributed by atoms with Crippen LogP contribution in [-0.2, 0) is 0 Å². The van der Waals surface area contributed by atoms with Crippen molar-refractivity contribution in [3.05, 3.63) is 133 Å². The Bertz CT molecular complexity index is 2370. The standard InChI is InChI=1S/C36H22N2O/c1-3-12-24(13-4-1)37-31-22-19-23-11-7-8-16-26(23)32(31)28-20-21-29-33-27-17-9-10-18-30(27)38(25-14-5-2-6-15-25)36(33)39-35(29)34(28)37/h1-22H. The molecule has 0 fully saturated rings. The third-order valence-corrected chi connectivity index (χ3v) is 8.10. The second kappa shape index (κ2) is 7.62. The van der Waals surface area contributed by atoms with E-state index < -0.39 is 0 Å². The summed E-state index contributed by atoms with van der Waals surface area (Å²) in [7, 11) is 0. The lowest BCUT2D eigenvalue weighted by Crippen LogP contribution is -1.94. The van der Waals surface area contributed by atoms with Crippen molar-refractivity contribution in [3.8, 4) is 11.4 Å². The smallest absolute Gasteiger partial charge is 0.213 e. The van der Waals surface area contributed by atoms with Gasteiger partial charge in [0, 0.05) is 32.9 Å². The summed E-state index contributed by atoms with van der Waals surface area (Å²) in [5.41, 5.74) is 7.43. The zero-order valence-corrected chi connectivity index (χ0v) is 21.0. The van der Waals surface area contributed by atoms with Crippen molar-refractivity contribution in [3.63, 3.8) is 0 Å². The van der Waals surface area contributed by atoms with E-state index in [9.17, 15) is 0 Å². The van der Waals surface area contributed by atoms with Crippen LogP contribution >= 0.6 is 0 Å². The van der Waals surface area contributed by atoms with Gasteiger partial charge in [0.1, 0.15) is 0 Å². The Balaban J connectivity index is 1.54. The molecule has 3 heterocycles. The second-order valence-electron chi connectivity index (χ2n) is 10.2. The van der Waals surface area contributed by atoms with E-state index in [1.54, 1.807) is 0 Å². The molecule has 0 N–H and O–H groups in total. The van der Waals surface area contributed by atoms with Gasteiger partial charge in [0.15, 0.2) is 5.58 Å². The van der Waals surface area contributed by atoms with Crippen LogP contribution in [-0.4, -0.2) is 9.13 Å². The molecule has 9 rings (SSSR count). The van der Waals surface area contributed by atoms with Crippen molar-refractivity contribution >= 4 is 65.6 Å². The summed E-state index contributed by atoms with van der Waals surface area (Å²) in [4.78, 5) is 0. The van der Waals surface area contributed by atoms with Crippen LogP contribution < -0.4 is 0 Å². The number of nitrogens with zero attached hydrogens (tertiary/aromatic N) is 2. The maximum absolute atomic E-state index is 6.98. The molecule has 0 saturated heterocycles. The van der Waals surface area contributed by atoms with E-state index in [0.29, 0.717) is 0 Å². The summed E-state index contributed by atoms with van der Waals surface area (Å²) >= 11 is 0. The highest BCUT2D eigenvalue weighted by molar-refractivity contribution is 6.29. The molecular weight excluding hydrogens is 476 g/mol. The first-order valence-electron chi connectivity index (χ1n) is 13.3. The van der Waals surface area contributed by atoms with Gasteiger partial charge in [-0.25, -0.2) is 0 Å². The third kappa shape index (κ3) is 2.71. The lowest BCUT2D eigenvalue weighted by atomic mass is 10.0. The average molecular weight is 499 g/mol. The van der Waals surface area contributed by atoms with Crippen molar-refractivity contribution in [2.75, 3.05) is 0 Å². The topological polar surface area (TPSA) is 23.0 Å². The van der Waals surface area contributed by atoms with E-state index in [-0.39, 0.29) is 0 Å². The summed E-state index contributed by atoms with van der Waals surface area (Å²) in [5, 5.41) is 8.43. The molecule has 6 aromatic carbocycles. The monoisotopic (exact) mass is 498 g/mol. The molecule has 9 aromatic rings. The number of hydrogen-bond acceptors (Lipinski definition) is 1. The number of furan rings is 1. The molecular formula is C36H22N2O. The van der Waals surface area contributed by atoms with Gasteiger partial charge in [0.05, 0.1) is 21.9 Å². The molecule has 0 aliphatic rings. The van der Waals surface area contributed by atoms with E-state index >= 15 is 0 Å². The Labute approximate surface area is 223 Å². The Kier molecular flexibility index (Phi) is 4.05. The second-order valence-corrected chi connectivity index (χ2v) is 10.2. The summed E-state index contributed by atoms with van der Waals surface area (Å²) in [6.07, 6.45) is 0. The highest BCUT2D eigenvalue weighted by Crippen LogP contribution is 2.45. The molecule has 0 saturated carbocycles. The fourth-order valence-electron chi connectivity index (χ4n) is 6.49. The number of benzene rings is 6. The van der Waals surface area contributed by atoms with Crippen molar-refractivity contribution in [1.29, 1.82) is 0 Å². The van der Waals surface area contributed by atoms with E-state index in [1.165, 1.54) is 32.4 Å². The maximum atomic E-state index is 6.98. The van der Waals surface area contributed by atoms with Crippen LogP contribution in [0.25, 0.3) is 76.9 Å². The molecule has 0 unspecified atom stereocenters. The van der Waals surface area contributed by atoms with Crippen LogP contribution in [0.3, 0.4) is 0 Å². The molecule has 0 bridgehead atoms. The first-order chi connectivity index (χ1) is 19.4. The third-order valence-electron chi connectivity index (χ3n) is 8.10. The Morgan fingerprint density at radius 1 is 0.410 bits per heavy atom. The maximum Gasteiger partial charge on any atom is 0.213 e. The van der Waals surface area contributed by atoms with Gasteiger partial charge in [0.2, 0.25) is 5.71 Å². The normalized spacial score (nSPS) is 12.1. The van der Waals surface area contributed by atoms with Gasteiger partial charge in [-0.15, -0.1) is 0 Å². The predicted molar refractivity (Wildman–Crippen MR) is 162 cm³/mol. The van der Waals surface area contributed by atoms with Crippen LogP contribution in [0, 0.1) is 0 Å². The number of fused-ring (bicyclic) bond motifs is 11. The molecule has 3 aromatic heterocycles. The summed E-state index contributed by atoms with van der Waals surface area (Å²) in [5.74, 6) is 0. The molecule has 39 heavy (non-hydrogen) atoms. The van der Waals surface area contributed by atoms with Crippen molar-refractivity contribution in [2.24, 2.45) is 0 Å². The summed E-state index contributed by atoms with van der Waals surface area (Å²) in [6.45, 7) is 0. The van der Waals surface area contributed by atoms with Crippen LogP contribution in [0.4, 0.5) is 0 Å². The molecule has 3 heteroatoms. The minimum absolute atomic E-state index is 0.875. The molecule has 0 atom stereocenters. The number of para-hydroxylation sites is 3. The van der Waals surface area contributed by atoms with Crippen molar-refractivity contribution < 1.29 is 4.42 Å². The van der Waals surface area contributed by atoms with Gasteiger partial charge in [0.25, 0.3) is 0 Å². The Morgan fingerprint density at radius 3 is 1.85 bits per heavy atom. The van der Waals surface area contributed by atoms with Crippen LogP contribution in [0.15, 0.2) is 138 Å². The lowest BCUT2D eigenvalue weighted by Gasteiger charge is -2.08. The SMILES string of the molecule is c1ccc(-n2c3ccccc3c3c4ccc5c6c7ccccc7ccc6n(-c6ccccc6)c5c4oc32)cc1. The molecule has 0 aliphatic heterocycles. The quantitative estimate of drug-likeness (QED) is 0.233. The van der Waals surface area contributed by atoms with Crippen LogP contribution in [0.5, 0.6) is 0 Å². The fourth-order valence-corrected chi connectivity index (χ4v) is 6.49. The van der Waals surface area contributed by atoms with Crippen LogP contribution in [0.1, 0.15) is 0 Å². The first kappa shape index (κ1) is 20.7. The predicted octanol–water partition coefficient (Wildman–Crippen LogP) is 9.78. The van der Waals surface area contributed by atoms with Gasteiger partial charge in [-0.2, -0.15) is 0 Å². The Hall–Kier alpha value is -5.28. The van der Waals surface area contributed by atoms with Crippen molar-refractivity contribution in [1.82, 2.24) is 9.13 Å². The molecule has 0 spiro atoms.